The lowest BCUT2D eigenvalue weighted by atomic mass is 10.1. The predicted octanol–water partition coefficient (Wildman–Crippen LogP) is 21.9. The SMILES string of the molecule is CC/C=C\C/C=C\C/C=C\C/C=C\C/C=C\C/C=C\CCCCCCCCCCC(=O)OCC(COC(=O)CCCCCCC/C=C\CCCCC)OC(=O)CCCCCCC/C=C\C/C=C\C/C=C\C/C=C\C/C=C\CC. The van der Waals surface area contributed by atoms with Crippen molar-refractivity contribution in [3.63, 3.8) is 0 Å². The fourth-order valence-electron chi connectivity index (χ4n) is 8.35. The average Bonchev–Trinajstić information content (AvgIpc) is 3.44. The molecule has 0 amide bonds. The molecule has 0 radical (unpaired) electrons. The van der Waals surface area contributed by atoms with Crippen molar-refractivity contribution in [1.82, 2.24) is 0 Å². The fraction of sp³-hybridized carbons (Fsp3) is 0.625. The number of esters is 3. The smallest absolute Gasteiger partial charge is 0.306 e. The van der Waals surface area contributed by atoms with Crippen LogP contribution in [0.1, 0.15) is 271 Å². The van der Waals surface area contributed by atoms with Crippen LogP contribution < -0.4 is 0 Å². The standard InChI is InChI=1S/C72H116O6/c1-4-7-10-13-16-19-22-25-27-29-31-33-34-35-36-37-38-40-41-43-45-47-50-53-56-59-62-65-71(74)77-68-69(67-76-70(73)64-61-58-55-52-49-24-21-18-15-12-9-6-3)78-72(75)66-63-60-57-54-51-48-46-44-42-39-32-30-28-26-23-20-17-14-11-8-5-2/h7-8,10-11,16-21,25-28,31-33,35-36,38-40,44,46,69H,4-6,9,12-15,22-24,29-30,34,37,41-43,45,47-68H2,1-3H3/b10-7-,11-8-,19-16-,20-17-,21-18-,27-25-,28-26-,33-31-,36-35-,39-32-,40-38-,46-44-. The van der Waals surface area contributed by atoms with Gasteiger partial charge in [-0.25, -0.2) is 0 Å². The molecule has 1 unspecified atom stereocenters. The molecule has 0 saturated heterocycles. The van der Waals surface area contributed by atoms with Crippen LogP contribution in [0, 0.1) is 0 Å². The number of carbonyl (C=O) groups is 3. The zero-order valence-corrected chi connectivity index (χ0v) is 50.4. The number of rotatable bonds is 56. The van der Waals surface area contributed by atoms with E-state index in [4.69, 9.17) is 14.2 Å². The van der Waals surface area contributed by atoms with Gasteiger partial charge in [0.2, 0.25) is 0 Å². The molecule has 6 nitrogen and oxygen atoms in total. The summed E-state index contributed by atoms with van der Waals surface area (Å²) in [5.74, 6) is -0.935. The van der Waals surface area contributed by atoms with Crippen LogP contribution in [0.2, 0.25) is 0 Å². The van der Waals surface area contributed by atoms with E-state index in [0.717, 1.165) is 167 Å². The highest BCUT2D eigenvalue weighted by atomic mass is 16.6. The van der Waals surface area contributed by atoms with E-state index in [1.54, 1.807) is 0 Å². The summed E-state index contributed by atoms with van der Waals surface area (Å²) in [5, 5.41) is 0. The summed E-state index contributed by atoms with van der Waals surface area (Å²) in [6.45, 7) is 6.36. The first-order valence-corrected chi connectivity index (χ1v) is 31.8. The minimum Gasteiger partial charge on any atom is -0.462 e. The Morgan fingerprint density at radius 2 is 0.500 bits per heavy atom. The van der Waals surface area contributed by atoms with E-state index < -0.39 is 6.10 Å². The molecule has 0 rings (SSSR count). The Balaban J connectivity index is 4.39. The van der Waals surface area contributed by atoms with Crippen molar-refractivity contribution in [2.75, 3.05) is 13.2 Å². The Labute approximate surface area is 480 Å². The number of hydrogen-bond donors (Lipinski definition) is 0. The second kappa shape index (κ2) is 64.8. The molecular formula is C72H116O6. The maximum Gasteiger partial charge on any atom is 0.306 e. The minimum atomic E-state index is -0.803. The van der Waals surface area contributed by atoms with E-state index in [0.29, 0.717) is 19.3 Å². The summed E-state index contributed by atoms with van der Waals surface area (Å²) in [5.41, 5.74) is 0. The van der Waals surface area contributed by atoms with Crippen LogP contribution in [0.4, 0.5) is 0 Å². The molecule has 0 aliphatic rings. The van der Waals surface area contributed by atoms with Crippen molar-refractivity contribution < 1.29 is 28.6 Å². The average molecular weight is 1080 g/mol. The maximum absolute atomic E-state index is 12.9. The summed E-state index contributed by atoms with van der Waals surface area (Å²) in [6.07, 6.45) is 92.7. The highest BCUT2D eigenvalue weighted by molar-refractivity contribution is 5.71. The third-order valence-electron chi connectivity index (χ3n) is 13.1. The van der Waals surface area contributed by atoms with Crippen molar-refractivity contribution in [1.29, 1.82) is 0 Å². The molecule has 78 heavy (non-hydrogen) atoms. The summed E-state index contributed by atoms with van der Waals surface area (Å²) < 4.78 is 16.9. The Bertz CT molecular complexity index is 1710. The molecule has 0 aromatic heterocycles. The van der Waals surface area contributed by atoms with Crippen molar-refractivity contribution >= 4 is 17.9 Å². The molecule has 1 atom stereocenters. The van der Waals surface area contributed by atoms with Gasteiger partial charge in [0.1, 0.15) is 13.2 Å². The molecule has 0 spiro atoms. The quantitative estimate of drug-likeness (QED) is 0.0261. The van der Waals surface area contributed by atoms with Gasteiger partial charge < -0.3 is 14.2 Å². The van der Waals surface area contributed by atoms with Gasteiger partial charge in [0.25, 0.3) is 0 Å². The maximum atomic E-state index is 12.9. The van der Waals surface area contributed by atoms with Crippen LogP contribution in [0.3, 0.4) is 0 Å². The highest BCUT2D eigenvalue weighted by Gasteiger charge is 2.19. The van der Waals surface area contributed by atoms with Gasteiger partial charge in [-0.2, -0.15) is 0 Å². The predicted molar refractivity (Wildman–Crippen MR) is 339 cm³/mol. The van der Waals surface area contributed by atoms with Gasteiger partial charge in [0, 0.05) is 19.3 Å². The third-order valence-corrected chi connectivity index (χ3v) is 13.1. The van der Waals surface area contributed by atoms with E-state index in [9.17, 15) is 14.4 Å². The first kappa shape index (κ1) is 73.3. The van der Waals surface area contributed by atoms with Gasteiger partial charge in [0.05, 0.1) is 0 Å². The Hall–Kier alpha value is -4.71. The molecule has 0 bridgehead atoms. The lowest BCUT2D eigenvalue weighted by Gasteiger charge is -2.18. The topological polar surface area (TPSA) is 78.9 Å². The van der Waals surface area contributed by atoms with Crippen molar-refractivity contribution in [3.8, 4) is 0 Å². The second-order valence-corrected chi connectivity index (χ2v) is 20.5. The monoisotopic (exact) mass is 1080 g/mol. The van der Waals surface area contributed by atoms with Crippen LogP contribution in [-0.2, 0) is 28.6 Å². The number of ether oxygens (including phenoxy) is 3. The zero-order chi connectivity index (χ0) is 56.4. The van der Waals surface area contributed by atoms with E-state index in [1.165, 1.54) is 64.2 Å². The van der Waals surface area contributed by atoms with Crippen LogP contribution >= 0.6 is 0 Å². The Morgan fingerprint density at radius 1 is 0.269 bits per heavy atom. The summed E-state index contributed by atoms with van der Waals surface area (Å²) >= 11 is 0. The normalized spacial score (nSPS) is 13.1. The van der Waals surface area contributed by atoms with E-state index in [2.05, 4.69) is 167 Å². The van der Waals surface area contributed by atoms with Crippen LogP contribution in [0.15, 0.2) is 146 Å². The van der Waals surface area contributed by atoms with Gasteiger partial charge in [0.15, 0.2) is 6.10 Å². The van der Waals surface area contributed by atoms with E-state index in [1.807, 2.05) is 0 Å². The molecule has 0 aromatic rings. The Morgan fingerprint density at radius 3 is 0.795 bits per heavy atom. The molecular weight excluding hydrogens is 961 g/mol. The third kappa shape index (κ3) is 62.1. The number of carbonyl (C=O) groups excluding carboxylic acids is 3. The van der Waals surface area contributed by atoms with Gasteiger partial charge >= 0.3 is 17.9 Å². The molecule has 0 aliphatic carbocycles. The first-order chi connectivity index (χ1) is 38.5. The van der Waals surface area contributed by atoms with Gasteiger partial charge in [-0.05, 0) is 141 Å². The summed E-state index contributed by atoms with van der Waals surface area (Å²) in [4.78, 5) is 38.3. The van der Waals surface area contributed by atoms with Crippen LogP contribution in [0.25, 0.3) is 0 Å². The molecule has 0 aromatic carbocycles. The Kier molecular flexibility index (Phi) is 60.9. The lowest BCUT2D eigenvalue weighted by Crippen LogP contribution is -2.30. The number of unbranched alkanes of at least 4 members (excludes halogenated alkanes) is 21. The molecule has 6 heteroatoms. The summed E-state index contributed by atoms with van der Waals surface area (Å²) in [6, 6.07) is 0. The second-order valence-electron chi connectivity index (χ2n) is 20.5. The highest BCUT2D eigenvalue weighted by Crippen LogP contribution is 2.14. The van der Waals surface area contributed by atoms with E-state index >= 15 is 0 Å². The number of hydrogen-bond acceptors (Lipinski definition) is 6. The molecule has 0 N–H and O–H groups in total. The van der Waals surface area contributed by atoms with Crippen molar-refractivity contribution in [3.05, 3.63) is 146 Å². The van der Waals surface area contributed by atoms with Gasteiger partial charge in [-0.15, -0.1) is 0 Å². The van der Waals surface area contributed by atoms with E-state index in [-0.39, 0.29) is 31.1 Å². The van der Waals surface area contributed by atoms with Crippen molar-refractivity contribution in [2.45, 2.75) is 277 Å². The lowest BCUT2D eigenvalue weighted by molar-refractivity contribution is -0.167. The first-order valence-electron chi connectivity index (χ1n) is 31.8. The fourth-order valence-corrected chi connectivity index (χ4v) is 8.35. The number of allylic oxidation sites excluding steroid dienone is 24. The van der Waals surface area contributed by atoms with Crippen LogP contribution in [0.5, 0.6) is 0 Å². The van der Waals surface area contributed by atoms with Gasteiger partial charge in [-0.3, -0.25) is 14.4 Å². The van der Waals surface area contributed by atoms with Crippen molar-refractivity contribution in [2.24, 2.45) is 0 Å². The molecule has 440 valence electrons. The molecule has 0 heterocycles. The molecule has 0 fully saturated rings. The largest absolute Gasteiger partial charge is 0.462 e. The minimum absolute atomic E-state index is 0.0976. The van der Waals surface area contributed by atoms with Crippen LogP contribution in [-0.4, -0.2) is 37.2 Å². The molecule has 0 saturated carbocycles. The zero-order valence-electron chi connectivity index (χ0n) is 50.4. The summed E-state index contributed by atoms with van der Waals surface area (Å²) in [7, 11) is 0. The van der Waals surface area contributed by atoms with Gasteiger partial charge in [-0.1, -0.05) is 256 Å². The molecule has 0 aliphatic heterocycles.